The van der Waals surface area contributed by atoms with E-state index in [9.17, 15) is 17.6 Å². The van der Waals surface area contributed by atoms with Crippen LogP contribution in [0.15, 0.2) is 90.3 Å². The Hall–Kier alpha value is -4.05. The number of hydrogen-bond acceptors (Lipinski definition) is 5. The van der Waals surface area contributed by atoms with Gasteiger partial charge in [0.1, 0.15) is 18.5 Å². The number of anilines is 1. The number of sulfonamides is 1. The van der Waals surface area contributed by atoms with Crippen LogP contribution < -0.4 is 10.0 Å². The Bertz CT molecular complexity index is 1340. The number of carbonyl (C=O) groups is 1. The minimum Gasteiger partial charge on any atom is -0.346 e. The molecule has 1 aromatic heterocycles. The predicted molar refractivity (Wildman–Crippen MR) is 121 cm³/mol. The molecule has 1 atom stereocenters. The number of nitrogens with one attached hydrogen (secondary N) is 2. The molecule has 0 radical (unpaired) electrons. The van der Waals surface area contributed by atoms with Gasteiger partial charge in [-0.25, -0.2) is 22.5 Å². The largest absolute Gasteiger partial charge is 0.346 e. The van der Waals surface area contributed by atoms with E-state index in [4.69, 9.17) is 0 Å². The van der Waals surface area contributed by atoms with E-state index in [2.05, 4.69) is 20.1 Å². The van der Waals surface area contributed by atoms with Crippen molar-refractivity contribution in [1.29, 1.82) is 0 Å². The van der Waals surface area contributed by atoms with E-state index in [1.54, 1.807) is 11.0 Å². The van der Waals surface area contributed by atoms with Crippen LogP contribution in [0.25, 0.3) is 5.69 Å². The lowest BCUT2D eigenvalue weighted by Gasteiger charge is -2.15. The first kappa shape index (κ1) is 22.2. The Labute approximate surface area is 190 Å². The summed E-state index contributed by atoms with van der Waals surface area (Å²) in [6.45, 7) is 1.87. The first-order chi connectivity index (χ1) is 15.8. The summed E-state index contributed by atoms with van der Waals surface area (Å²) in [5, 5.41) is 6.99. The van der Waals surface area contributed by atoms with E-state index in [1.165, 1.54) is 42.7 Å². The SMILES string of the molecule is CC(NC(=O)c1ccc(NS(=O)(=O)c2ccc(F)cc2)cc1)c1ccc(-n2cncn2)cc1. The summed E-state index contributed by atoms with van der Waals surface area (Å²) in [5.74, 6) is -0.819. The van der Waals surface area contributed by atoms with E-state index in [1.807, 2.05) is 31.2 Å². The molecule has 0 bridgehead atoms. The molecule has 0 saturated heterocycles. The van der Waals surface area contributed by atoms with Crippen LogP contribution in [0.1, 0.15) is 28.9 Å². The van der Waals surface area contributed by atoms with Crippen molar-refractivity contribution in [3.63, 3.8) is 0 Å². The van der Waals surface area contributed by atoms with Crippen molar-refractivity contribution in [3.05, 3.63) is 102 Å². The maximum absolute atomic E-state index is 13.0. The second-order valence-corrected chi connectivity index (χ2v) is 8.95. The molecule has 0 saturated carbocycles. The van der Waals surface area contributed by atoms with Crippen LogP contribution in [-0.4, -0.2) is 29.1 Å². The van der Waals surface area contributed by atoms with Gasteiger partial charge in [-0.3, -0.25) is 9.52 Å². The normalized spacial score (nSPS) is 12.2. The minimum atomic E-state index is -3.87. The van der Waals surface area contributed by atoms with Gasteiger partial charge in [0.05, 0.1) is 16.6 Å². The first-order valence-electron chi connectivity index (χ1n) is 9.96. The number of benzene rings is 3. The highest BCUT2D eigenvalue weighted by molar-refractivity contribution is 7.92. The van der Waals surface area contributed by atoms with Crippen LogP contribution in [0.3, 0.4) is 0 Å². The number of hydrogen-bond donors (Lipinski definition) is 2. The van der Waals surface area contributed by atoms with Crippen LogP contribution in [0.5, 0.6) is 0 Å². The third kappa shape index (κ3) is 5.24. The van der Waals surface area contributed by atoms with Crippen molar-refractivity contribution in [2.45, 2.75) is 17.9 Å². The number of aromatic nitrogens is 3. The van der Waals surface area contributed by atoms with Crippen molar-refractivity contribution < 1.29 is 17.6 Å². The summed E-state index contributed by atoms with van der Waals surface area (Å²) in [6.07, 6.45) is 3.05. The maximum Gasteiger partial charge on any atom is 0.261 e. The van der Waals surface area contributed by atoms with Crippen LogP contribution in [-0.2, 0) is 10.0 Å². The number of rotatable bonds is 7. The van der Waals surface area contributed by atoms with Gasteiger partial charge in [-0.1, -0.05) is 12.1 Å². The third-order valence-electron chi connectivity index (χ3n) is 4.95. The molecule has 2 N–H and O–H groups in total. The number of nitrogens with zero attached hydrogens (tertiary/aromatic N) is 3. The number of carbonyl (C=O) groups excluding carboxylic acids is 1. The standard InChI is InChI=1S/C23H20FN5O3S/c1-16(17-4-10-21(11-5-17)29-15-25-14-26-29)27-23(30)18-2-8-20(9-3-18)28-33(31,32)22-12-6-19(24)7-13-22/h2-16,28H,1H3,(H,27,30). The summed E-state index contributed by atoms with van der Waals surface area (Å²) >= 11 is 0. The molecule has 1 heterocycles. The van der Waals surface area contributed by atoms with Gasteiger partial charge in [-0.05, 0) is 73.2 Å². The van der Waals surface area contributed by atoms with Crippen molar-refractivity contribution in [2.24, 2.45) is 0 Å². The highest BCUT2D eigenvalue weighted by atomic mass is 32.2. The van der Waals surface area contributed by atoms with Crippen molar-refractivity contribution >= 4 is 21.6 Å². The Morgan fingerprint density at radius 1 is 0.970 bits per heavy atom. The van der Waals surface area contributed by atoms with Gasteiger partial charge in [0, 0.05) is 11.3 Å². The highest BCUT2D eigenvalue weighted by Gasteiger charge is 2.15. The molecular weight excluding hydrogens is 445 g/mol. The molecule has 0 aliphatic rings. The van der Waals surface area contributed by atoms with Crippen LogP contribution >= 0.6 is 0 Å². The van der Waals surface area contributed by atoms with Crippen molar-refractivity contribution in [2.75, 3.05) is 4.72 Å². The van der Waals surface area contributed by atoms with Crippen LogP contribution in [0.2, 0.25) is 0 Å². The summed E-state index contributed by atoms with van der Waals surface area (Å²) in [4.78, 5) is 16.5. The van der Waals surface area contributed by atoms with Gasteiger partial charge >= 0.3 is 0 Å². The number of amides is 1. The predicted octanol–water partition coefficient (Wildman–Crippen LogP) is 3.70. The highest BCUT2D eigenvalue weighted by Crippen LogP contribution is 2.19. The molecule has 1 unspecified atom stereocenters. The lowest BCUT2D eigenvalue weighted by atomic mass is 10.1. The van der Waals surface area contributed by atoms with Gasteiger partial charge in [0.25, 0.3) is 15.9 Å². The molecule has 168 valence electrons. The van der Waals surface area contributed by atoms with Gasteiger partial charge in [-0.2, -0.15) is 5.10 Å². The Morgan fingerprint density at radius 3 is 2.24 bits per heavy atom. The fourth-order valence-corrected chi connectivity index (χ4v) is 4.20. The molecule has 10 heteroatoms. The molecule has 4 aromatic rings. The monoisotopic (exact) mass is 465 g/mol. The first-order valence-corrected chi connectivity index (χ1v) is 11.4. The summed E-state index contributed by atoms with van der Waals surface area (Å²) in [5.41, 5.74) is 2.43. The molecule has 0 aliphatic heterocycles. The van der Waals surface area contributed by atoms with E-state index in [-0.39, 0.29) is 22.5 Å². The maximum atomic E-state index is 13.0. The summed E-state index contributed by atoms with van der Waals surface area (Å²) in [7, 11) is -3.87. The molecule has 0 spiro atoms. The van der Waals surface area contributed by atoms with Crippen LogP contribution in [0.4, 0.5) is 10.1 Å². The Morgan fingerprint density at radius 2 is 1.64 bits per heavy atom. The van der Waals surface area contributed by atoms with Gasteiger partial charge in [0.15, 0.2) is 0 Å². The fraction of sp³-hybridized carbons (Fsp3) is 0.0870. The van der Waals surface area contributed by atoms with Crippen molar-refractivity contribution in [1.82, 2.24) is 20.1 Å². The van der Waals surface area contributed by atoms with Crippen LogP contribution in [0, 0.1) is 5.82 Å². The molecule has 1 amide bonds. The second-order valence-electron chi connectivity index (χ2n) is 7.26. The second kappa shape index (κ2) is 9.21. The zero-order chi connectivity index (χ0) is 23.4. The van der Waals surface area contributed by atoms with Gasteiger partial charge in [-0.15, -0.1) is 0 Å². The zero-order valence-electron chi connectivity index (χ0n) is 17.5. The third-order valence-corrected chi connectivity index (χ3v) is 6.34. The van der Waals surface area contributed by atoms with Gasteiger partial charge in [0.2, 0.25) is 0 Å². The average Bonchev–Trinajstić information content (AvgIpc) is 3.35. The molecule has 0 aliphatic carbocycles. The smallest absolute Gasteiger partial charge is 0.261 e. The van der Waals surface area contributed by atoms with E-state index in [0.717, 1.165) is 23.4 Å². The minimum absolute atomic E-state index is 0.0608. The van der Waals surface area contributed by atoms with Gasteiger partial charge < -0.3 is 5.32 Å². The Balaban J connectivity index is 1.39. The molecule has 3 aromatic carbocycles. The van der Waals surface area contributed by atoms with E-state index >= 15 is 0 Å². The average molecular weight is 466 g/mol. The Kier molecular flexibility index (Phi) is 6.18. The molecule has 33 heavy (non-hydrogen) atoms. The molecule has 4 rings (SSSR count). The number of halogens is 1. The molecule has 8 nitrogen and oxygen atoms in total. The van der Waals surface area contributed by atoms with E-state index < -0.39 is 15.8 Å². The molecule has 0 fully saturated rings. The molecular formula is C23H20FN5O3S. The fourth-order valence-electron chi connectivity index (χ4n) is 3.14. The topological polar surface area (TPSA) is 106 Å². The lowest BCUT2D eigenvalue weighted by molar-refractivity contribution is 0.0940. The van der Waals surface area contributed by atoms with Crippen molar-refractivity contribution in [3.8, 4) is 5.69 Å². The van der Waals surface area contributed by atoms with E-state index in [0.29, 0.717) is 5.56 Å². The lowest BCUT2D eigenvalue weighted by Crippen LogP contribution is -2.26. The summed E-state index contributed by atoms with van der Waals surface area (Å²) < 4.78 is 41.9. The quantitative estimate of drug-likeness (QED) is 0.433. The zero-order valence-corrected chi connectivity index (χ0v) is 18.3. The summed E-state index contributed by atoms with van der Waals surface area (Å²) in [6, 6.07) is 17.9.